The molecule has 0 aliphatic heterocycles. The number of aliphatic hydroxyl groups excluding tert-OH is 1. The van der Waals surface area contributed by atoms with Crippen molar-refractivity contribution < 1.29 is 9.84 Å². The molecule has 1 unspecified atom stereocenters. The van der Waals surface area contributed by atoms with E-state index in [0.29, 0.717) is 5.92 Å². The lowest BCUT2D eigenvalue weighted by atomic mass is 9.97. The van der Waals surface area contributed by atoms with E-state index in [-0.39, 0.29) is 12.1 Å². The molecule has 4 heteroatoms. The van der Waals surface area contributed by atoms with Gasteiger partial charge >= 0.3 is 0 Å². The minimum Gasteiger partial charge on any atom is -0.497 e. The fourth-order valence-electron chi connectivity index (χ4n) is 2.42. The normalized spacial score (nSPS) is 18.1. The van der Waals surface area contributed by atoms with Crippen LogP contribution in [0.25, 0.3) is 0 Å². The number of likely N-dealkylation sites (N-methyl/N-ethyl adjacent to an activating group) is 1. The summed E-state index contributed by atoms with van der Waals surface area (Å²) in [5, 5.41) is 13.3. The second-order valence-corrected chi connectivity index (χ2v) is 6.13. The Hall–Kier alpha value is -0.710. The third kappa shape index (κ3) is 3.65. The first-order chi connectivity index (χ1) is 9.24. The van der Waals surface area contributed by atoms with Gasteiger partial charge in [-0.1, -0.05) is 6.92 Å². The summed E-state index contributed by atoms with van der Waals surface area (Å²) in [6, 6.07) is 8.11. The number of hydrogen-bond donors (Lipinski definition) is 2. The van der Waals surface area contributed by atoms with E-state index in [1.165, 1.54) is 17.7 Å². The van der Waals surface area contributed by atoms with Crippen LogP contribution in [-0.4, -0.2) is 36.7 Å². The quantitative estimate of drug-likeness (QED) is 0.719. The van der Waals surface area contributed by atoms with Gasteiger partial charge in [0.1, 0.15) is 5.75 Å². The highest BCUT2D eigenvalue weighted by Crippen LogP contribution is 2.42. The maximum absolute atomic E-state index is 9.78. The molecule has 3 nitrogen and oxygen atoms in total. The van der Waals surface area contributed by atoms with E-state index >= 15 is 0 Å². The first kappa shape index (κ1) is 14.7. The molecule has 1 aliphatic carbocycles. The first-order valence-electron chi connectivity index (χ1n) is 6.87. The molecule has 0 amide bonds. The van der Waals surface area contributed by atoms with Crippen molar-refractivity contribution >= 4 is 11.8 Å². The summed E-state index contributed by atoms with van der Waals surface area (Å²) in [6.07, 6.45) is 2.47. The molecule has 0 aromatic heterocycles. The molecule has 0 heterocycles. The Kier molecular flexibility index (Phi) is 5.13. The van der Waals surface area contributed by atoms with Crippen LogP contribution < -0.4 is 10.1 Å². The Labute approximate surface area is 119 Å². The van der Waals surface area contributed by atoms with Gasteiger partial charge in [-0.15, -0.1) is 11.8 Å². The number of hydrogen-bond acceptors (Lipinski definition) is 4. The van der Waals surface area contributed by atoms with E-state index < -0.39 is 0 Å². The molecule has 0 bridgehead atoms. The Morgan fingerprint density at radius 1 is 1.37 bits per heavy atom. The van der Waals surface area contributed by atoms with Gasteiger partial charge in [0, 0.05) is 10.6 Å². The average molecular weight is 281 g/mol. The van der Waals surface area contributed by atoms with Crippen LogP contribution in [0.15, 0.2) is 29.2 Å². The smallest absolute Gasteiger partial charge is 0.118 e. The average Bonchev–Trinajstić information content (AvgIpc) is 3.29. The molecule has 1 atom stereocenters. The predicted octanol–water partition coefficient (Wildman–Crippen LogP) is 2.54. The third-order valence-corrected chi connectivity index (χ3v) is 4.99. The minimum atomic E-state index is -0.112. The van der Waals surface area contributed by atoms with Crippen LogP contribution in [0, 0.1) is 5.92 Å². The van der Waals surface area contributed by atoms with Gasteiger partial charge in [0.2, 0.25) is 0 Å². The lowest BCUT2D eigenvalue weighted by Crippen LogP contribution is -2.52. The molecular formula is C15H23NO2S. The summed E-state index contributed by atoms with van der Waals surface area (Å²) in [7, 11) is 1.68. The van der Waals surface area contributed by atoms with Gasteiger partial charge < -0.3 is 15.2 Å². The van der Waals surface area contributed by atoms with Gasteiger partial charge in [0.15, 0.2) is 0 Å². The zero-order valence-corrected chi connectivity index (χ0v) is 12.5. The zero-order chi connectivity index (χ0) is 13.7. The van der Waals surface area contributed by atoms with E-state index in [9.17, 15) is 5.11 Å². The fraction of sp³-hybridized carbons (Fsp3) is 0.600. The summed E-state index contributed by atoms with van der Waals surface area (Å²) in [6.45, 7) is 3.22. The van der Waals surface area contributed by atoms with Gasteiger partial charge in [-0.2, -0.15) is 0 Å². The molecule has 1 aliphatic rings. The van der Waals surface area contributed by atoms with Crippen molar-refractivity contribution in [2.75, 3.05) is 26.0 Å². The lowest BCUT2D eigenvalue weighted by Gasteiger charge is -2.33. The largest absolute Gasteiger partial charge is 0.497 e. The number of rotatable bonds is 8. The van der Waals surface area contributed by atoms with Crippen LogP contribution in [0.1, 0.15) is 19.8 Å². The standard InChI is InChI=1S/C15H23NO2S/c1-3-16-15(10-17,12-4-5-12)11-19-14-8-6-13(18-2)7-9-14/h6-9,12,16-17H,3-5,10-11H2,1-2H3. The van der Waals surface area contributed by atoms with Crippen LogP contribution in [0.3, 0.4) is 0 Å². The topological polar surface area (TPSA) is 41.5 Å². The molecule has 106 valence electrons. The number of nitrogens with one attached hydrogen (secondary N) is 1. The van der Waals surface area contributed by atoms with E-state index in [0.717, 1.165) is 18.0 Å². The Bertz CT molecular complexity index is 392. The molecule has 0 radical (unpaired) electrons. The second-order valence-electron chi connectivity index (χ2n) is 5.08. The van der Waals surface area contributed by atoms with Crippen LogP contribution in [0.2, 0.25) is 0 Å². The molecule has 1 saturated carbocycles. The van der Waals surface area contributed by atoms with Crippen molar-refractivity contribution in [2.45, 2.75) is 30.2 Å². The van der Waals surface area contributed by atoms with Gasteiger partial charge in [0.25, 0.3) is 0 Å². The third-order valence-electron chi connectivity index (χ3n) is 3.73. The number of benzene rings is 1. The molecular weight excluding hydrogens is 258 g/mol. The van der Waals surface area contributed by atoms with Crippen LogP contribution >= 0.6 is 11.8 Å². The molecule has 0 spiro atoms. The molecule has 2 N–H and O–H groups in total. The summed E-state index contributed by atoms with van der Waals surface area (Å²) in [5.41, 5.74) is -0.112. The predicted molar refractivity (Wildman–Crippen MR) is 79.9 cm³/mol. The molecule has 19 heavy (non-hydrogen) atoms. The highest BCUT2D eigenvalue weighted by atomic mass is 32.2. The van der Waals surface area contributed by atoms with Crippen LogP contribution in [0.5, 0.6) is 5.75 Å². The highest BCUT2D eigenvalue weighted by molar-refractivity contribution is 7.99. The Balaban J connectivity index is 1.97. The van der Waals surface area contributed by atoms with Gasteiger partial charge in [-0.3, -0.25) is 0 Å². The van der Waals surface area contributed by atoms with Crippen molar-refractivity contribution in [3.05, 3.63) is 24.3 Å². The zero-order valence-electron chi connectivity index (χ0n) is 11.7. The van der Waals surface area contributed by atoms with Crippen LogP contribution in [0.4, 0.5) is 0 Å². The lowest BCUT2D eigenvalue weighted by molar-refractivity contribution is 0.161. The highest BCUT2D eigenvalue weighted by Gasteiger charge is 2.44. The Morgan fingerprint density at radius 2 is 2.05 bits per heavy atom. The number of thioether (sulfide) groups is 1. The van der Waals surface area contributed by atoms with E-state index in [2.05, 4.69) is 24.4 Å². The number of methoxy groups -OCH3 is 1. The van der Waals surface area contributed by atoms with Crippen molar-refractivity contribution in [3.63, 3.8) is 0 Å². The van der Waals surface area contributed by atoms with Crippen molar-refractivity contribution in [1.82, 2.24) is 5.32 Å². The van der Waals surface area contributed by atoms with Gasteiger partial charge in [-0.05, 0) is 49.6 Å². The van der Waals surface area contributed by atoms with E-state index in [1.807, 2.05) is 12.1 Å². The molecule has 1 fully saturated rings. The van der Waals surface area contributed by atoms with Gasteiger partial charge in [0.05, 0.1) is 19.3 Å². The number of aliphatic hydroxyl groups is 1. The van der Waals surface area contributed by atoms with E-state index in [4.69, 9.17) is 4.74 Å². The Morgan fingerprint density at radius 3 is 2.53 bits per heavy atom. The van der Waals surface area contributed by atoms with Crippen molar-refractivity contribution in [2.24, 2.45) is 5.92 Å². The maximum Gasteiger partial charge on any atom is 0.118 e. The molecule has 1 aromatic carbocycles. The minimum absolute atomic E-state index is 0.112. The molecule has 1 aromatic rings. The van der Waals surface area contributed by atoms with Crippen molar-refractivity contribution in [1.29, 1.82) is 0 Å². The molecule has 2 rings (SSSR count). The summed E-state index contributed by atoms with van der Waals surface area (Å²) in [4.78, 5) is 1.22. The van der Waals surface area contributed by atoms with Crippen LogP contribution in [-0.2, 0) is 0 Å². The van der Waals surface area contributed by atoms with E-state index in [1.54, 1.807) is 18.9 Å². The summed E-state index contributed by atoms with van der Waals surface area (Å²) < 4.78 is 5.16. The van der Waals surface area contributed by atoms with Gasteiger partial charge in [-0.25, -0.2) is 0 Å². The first-order valence-corrected chi connectivity index (χ1v) is 7.85. The number of ether oxygens (including phenoxy) is 1. The molecule has 0 saturated heterocycles. The summed E-state index contributed by atoms with van der Waals surface area (Å²) >= 11 is 1.80. The maximum atomic E-state index is 9.78. The SMILES string of the molecule is CCNC(CO)(CSc1ccc(OC)cc1)C1CC1. The van der Waals surface area contributed by atoms with Crippen molar-refractivity contribution in [3.8, 4) is 5.75 Å². The summed E-state index contributed by atoms with van der Waals surface area (Å²) in [5.74, 6) is 2.42. The second kappa shape index (κ2) is 6.64. The fourth-order valence-corrected chi connectivity index (χ4v) is 3.60. The monoisotopic (exact) mass is 281 g/mol.